The summed E-state index contributed by atoms with van der Waals surface area (Å²) in [6.07, 6.45) is 2.12. The summed E-state index contributed by atoms with van der Waals surface area (Å²) in [6.45, 7) is 4.90. The molecule has 1 N–H and O–H groups in total. The van der Waals surface area contributed by atoms with E-state index >= 15 is 0 Å². The van der Waals surface area contributed by atoms with Crippen LogP contribution < -0.4 is 5.32 Å². The SMILES string of the molecule is CCc1nc(C2CSCCO2)nc2c1CCNC2. The van der Waals surface area contributed by atoms with E-state index in [1.165, 1.54) is 17.0 Å². The standard InChI is InChI=1S/C13H19N3OS/c1-2-10-9-3-4-14-7-11(9)16-13(15-10)12-8-18-6-5-17-12/h12,14H,2-8H2,1H3. The number of hydrogen-bond acceptors (Lipinski definition) is 5. The predicted octanol–water partition coefficient (Wildman–Crippen LogP) is 1.49. The monoisotopic (exact) mass is 265 g/mol. The fraction of sp³-hybridized carbons (Fsp3) is 0.692. The number of aromatic nitrogens is 2. The van der Waals surface area contributed by atoms with E-state index in [-0.39, 0.29) is 6.10 Å². The highest BCUT2D eigenvalue weighted by molar-refractivity contribution is 7.99. The first-order chi connectivity index (χ1) is 8.88. The smallest absolute Gasteiger partial charge is 0.158 e. The van der Waals surface area contributed by atoms with Crippen LogP contribution in [0.1, 0.15) is 35.8 Å². The lowest BCUT2D eigenvalue weighted by molar-refractivity contribution is 0.0690. The summed E-state index contributed by atoms with van der Waals surface area (Å²) in [5, 5.41) is 3.39. The van der Waals surface area contributed by atoms with E-state index in [2.05, 4.69) is 12.2 Å². The van der Waals surface area contributed by atoms with Crippen molar-refractivity contribution < 1.29 is 4.74 Å². The van der Waals surface area contributed by atoms with Gasteiger partial charge in [0.05, 0.1) is 12.3 Å². The normalized spacial score (nSPS) is 23.7. The lowest BCUT2D eigenvalue weighted by Gasteiger charge is -2.24. The van der Waals surface area contributed by atoms with E-state index in [1.54, 1.807) is 0 Å². The summed E-state index contributed by atoms with van der Waals surface area (Å²) in [7, 11) is 0. The maximum atomic E-state index is 5.79. The third-order valence-electron chi connectivity index (χ3n) is 3.48. The summed E-state index contributed by atoms with van der Waals surface area (Å²) < 4.78 is 5.79. The molecule has 0 aliphatic carbocycles. The second-order valence-electron chi connectivity index (χ2n) is 4.67. The molecule has 1 aromatic rings. The lowest BCUT2D eigenvalue weighted by atomic mass is 10.0. The van der Waals surface area contributed by atoms with Crippen molar-refractivity contribution in [1.82, 2.24) is 15.3 Å². The Balaban J connectivity index is 1.94. The molecule has 18 heavy (non-hydrogen) atoms. The molecule has 2 aliphatic heterocycles. The molecule has 98 valence electrons. The van der Waals surface area contributed by atoms with Gasteiger partial charge in [0.25, 0.3) is 0 Å². The number of hydrogen-bond donors (Lipinski definition) is 1. The number of aryl methyl sites for hydroxylation is 1. The summed E-state index contributed by atoms with van der Waals surface area (Å²) in [5.41, 5.74) is 3.77. The van der Waals surface area contributed by atoms with E-state index in [1.807, 2.05) is 11.8 Å². The van der Waals surface area contributed by atoms with Gasteiger partial charge in [-0.25, -0.2) is 9.97 Å². The number of thioether (sulfide) groups is 1. The average Bonchev–Trinajstić information content (AvgIpc) is 2.47. The molecule has 2 aliphatic rings. The molecule has 1 unspecified atom stereocenters. The second-order valence-corrected chi connectivity index (χ2v) is 5.82. The van der Waals surface area contributed by atoms with Crippen molar-refractivity contribution in [3.63, 3.8) is 0 Å². The molecule has 0 saturated carbocycles. The molecule has 0 amide bonds. The molecule has 5 heteroatoms. The van der Waals surface area contributed by atoms with Crippen molar-refractivity contribution in [2.45, 2.75) is 32.4 Å². The largest absolute Gasteiger partial charge is 0.368 e. The molecule has 3 heterocycles. The van der Waals surface area contributed by atoms with E-state index < -0.39 is 0 Å². The van der Waals surface area contributed by atoms with E-state index in [0.29, 0.717) is 0 Å². The van der Waals surface area contributed by atoms with Crippen LogP contribution in [0.25, 0.3) is 0 Å². The van der Waals surface area contributed by atoms with Crippen LogP contribution in [0.3, 0.4) is 0 Å². The topological polar surface area (TPSA) is 47.0 Å². The molecule has 3 rings (SSSR count). The van der Waals surface area contributed by atoms with Crippen LogP contribution in [-0.4, -0.2) is 34.6 Å². The van der Waals surface area contributed by atoms with Crippen LogP contribution in [0.4, 0.5) is 0 Å². The summed E-state index contributed by atoms with van der Waals surface area (Å²) in [5.74, 6) is 2.96. The van der Waals surface area contributed by atoms with Crippen molar-refractivity contribution in [3.05, 3.63) is 22.8 Å². The van der Waals surface area contributed by atoms with Gasteiger partial charge in [-0.05, 0) is 24.9 Å². The van der Waals surface area contributed by atoms with Crippen LogP contribution in [0.15, 0.2) is 0 Å². The van der Waals surface area contributed by atoms with Gasteiger partial charge in [-0.15, -0.1) is 0 Å². The third kappa shape index (κ3) is 2.39. The summed E-state index contributed by atoms with van der Waals surface area (Å²) in [4.78, 5) is 9.48. The molecule has 1 fully saturated rings. The first-order valence-electron chi connectivity index (χ1n) is 6.67. The maximum absolute atomic E-state index is 5.79. The molecule has 0 radical (unpaired) electrons. The number of nitrogens with one attached hydrogen (secondary N) is 1. The highest BCUT2D eigenvalue weighted by atomic mass is 32.2. The summed E-state index contributed by atoms with van der Waals surface area (Å²) in [6, 6.07) is 0. The van der Waals surface area contributed by atoms with Crippen LogP contribution in [0, 0.1) is 0 Å². The highest BCUT2D eigenvalue weighted by Gasteiger charge is 2.23. The minimum Gasteiger partial charge on any atom is -0.368 e. The minimum atomic E-state index is 0.0845. The maximum Gasteiger partial charge on any atom is 0.158 e. The predicted molar refractivity (Wildman–Crippen MR) is 72.8 cm³/mol. The van der Waals surface area contributed by atoms with Crippen LogP contribution >= 0.6 is 11.8 Å². The van der Waals surface area contributed by atoms with Gasteiger partial charge in [0, 0.05) is 23.7 Å². The van der Waals surface area contributed by atoms with Crippen molar-refractivity contribution in [2.75, 3.05) is 24.7 Å². The minimum absolute atomic E-state index is 0.0845. The van der Waals surface area contributed by atoms with Gasteiger partial charge in [-0.3, -0.25) is 0 Å². The van der Waals surface area contributed by atoms with Crippen molar-refractivity contribution in [2.24, 2.45) is 0 Å². The van der Waals surface area contributed by atoms with Gasteiger partial charge in [-0.1, -0.05) is 6.92 Å². The zero-order valence-electron chi connectivity index (χ0n) is 10.7. The van der Waals surface area contributed by atoms with Crippen molar-refractivity contribution >= 4 is 11.8 Å². The number of fused-ring (bicyclic) bond motifs is 1. The van der Waals surface area contributed by atoms with E-state index in [0.717, 1.165) is 49.9 Å². The van der Waals surface area contributed by atoms with Gasteiger partial charge < -0.3 is 10.1 Å². The molecule has 1 aromatic heterocycles. The molecule has 4 nitrogen and oxygen atoms in total. The van der Waals surface area contributed by atoms with Gasteiger partial charge in [0.1, 0.15) is 6.10 Å². The third-order valence-corrected chi connectivity index (χ3v) is 4.47. The Hall–Kier alpha value is -0.650. The summed E-state index contributed by atoms with van der Waals surface area (Å²) >= 11 is 1.93. The highest BCUT2D eigenvalue weighted by Crippen LogP contribution is 2.26. The van der Waals surface area contributed by atoms with Gasteiger partial charge in [-0.2, -0.15) is 11.8 Å². The average molecular weight is 265 g/mol. The van der Waals surface area contributed by atoms with Crippen LogP contribution in [0.2, 0.25) is 0 Å². The Bertz CT molecular complexity index is 415. The van der Waals surface area contributed by atoms with Crippen LogP contribution in [0.5, 0.6) is 0 Å². The van der Waals surface area contributed by atoms with Gasteiger partial charge in [0.2, 0.25) is 0 Å². The molecule has 0 aromatic carbocycles. The number of ether oxygens (including phenoxy) is 1. The van der Waals surface area contributed by atoms with Gasteiger partial charge in [0.15, 0.2) is 5.82 Å². The molecular formula is C13H19N3OS. The van der Waals surface area contributed by atoms with Crippen LogP contribution in [-0.2, 0) is 24.1 Å². The number of rotatable bonds is 2. The zero-order chi connectivity index (χ0) is 12.4. The Kier molecular flexibility index (Phi) is 3.82. The Labute approximate surface area is 112 Å². The van der Waals surface area contributed by atoms with Crippen molar-refractivity contribution in [1.29, 1.82) is 0 Å². The second kappa shape index (κ2) is 5.55. The molecule has 1 atom stereocenters. The molecule has 0 bridgehead atoms. The van der Waals surface area contributed by atoms with E-state index in [4.69, 9.17) is 14.7 Å². The van der Waals surface area contributed by atoms with E-state index in [9.17, 15) is 0 Å². The lowest BCUT2D eigenvalue weighted by Crippen LogP contribution is -2.28. The Morgan fingerprint density at radius 2 is 2.39 bits per heavy atom. The quantitative estimate of drug-likeness (QED) is 0.878. The molecular weight excluding hydrogens is 246 g/mol. The fourth-order valence-corrected chi connectivity index (χ4v) is 3.37. The Morgan fingerprint density at radius 1 is 1.44 bits per heavy atom. The zero-order valence-corrected chi connectivity index (χ0v) is 11.6. The first kappa shape index (κ1) is 12.4. The Morgan fingerprint density at radius 3 is 3.17 bits per heavy atom. The number of nitrogens with zero attached hydrogens (tertiary/aromatic N) is 2. The molecule has 1 saturated heterocycles. The first-order valence-corrected chi connectivity index (χ1v) is 7.82. The molecule has 0 spiro atoms. The van der Waals surface area contributed by atoms with Gasteiger partial charge >= 0.3 is 0 Å². The van der Waals surface area contributed by atoms with Crippen molar-refractivity contribution in [3.8, 4) is 0 Å². The fourth-order valence-electron chi connectivity index (χ4n) is 2.53.